The first-order valence-electron chi connectivity index (χ1n) is 7.27. The molecule has 5 nitrogen and oxygen atoms in total. The van der Waals surface area contributed by atoms with Gasteiger partial charge in [-0.15, -0.1) is 11.8 Å². The van der Waals surface area contributed by atoms with Crippen molar-refractivity contribution in [3.05, 3.63) is 27.9 Å². The third kappa shape index (κ3) is 5.02. The molecule has 118 valence electrons. The smallest absolute Gasteiger partial charge is 0.251 e. The van der Waals surface area contributed by atoms with Gasteiger partial charge in [0.25, 0.3) is 5.56 Å². The monoisotopic (exact) mass is 329 g/mol. The first-order valence-corrected chi connectivity index (χ1v) is 9.37. The van der Waals surface area contributed by atoms with E-state index < -0.39 is 0 Å². The number of rotatable bonds is 7. The summed E-state index contributed by atoms with van der Waals surface area (Å²) in [6.07, 6.45) is 1.10. The molecule has 21 heavy (non-hydrogen) atoms. The number of ether oxygens (including phenoxy) is 1. The number of aromatic nitrogens is 2. The molecular formula is C14H23N3O2S2. The van der Waals surface area contributed by atoms with E-state index in [1.807, 2.05) is 23.5 Å². The highest BCUT2D eigenvalue weighted by atomic mass is 32.2. The quantitative estimate of drug-likeness (QED) is 0.744. The molecule has 1 aromatic heterocycles. The minimum Gasteiger partial charge on any atom is -0.383 e. The molecule has 0 amide bonds. The number of hydrogen-bond donors (Lipinski definition) is 2. The lowest BCUT2D eigenvalue weighted by molar-refractivity contribution is 0.199. The van der Waals surface area contributed by atoms with Crippen molar-refractivity contribution in [1.29, 1.82) is 0 Å². The van der Waals surface area contributed by atoms with Gasteiger partial charge in [-0.05, 0) is 6.42 Å². The maximum absolute atomic E-state index is 11.9. The standard InChI is InChI=1S/C14H23N3O2S2/c1-3-11-13(21-7-6-20-11)14-16-10(8-12(18)17-14)9-15-4-5-19-2/h8,11,13,15H,3-7,9H2,1-2H3,(H,16,17,18). The van der Waals surface area contributed by atoms with E-state index in [9.17, 15) is 4.79 Å². The van der Waals surface area contributed by atoms with Crippen LogP contribution in [0.5, 0.6) is 0 Å². The summed E-state index contributed by atoms with van der Waals surface area (Å²) in [6, 6.07) is 1.57. The van der Waals surface area contributed by atoms with E-state index in [1.54, 1.807) is 13.2 Å². The molecule has 1 aromatic rings. The Labute approximate surface area is 134 Å². The van der Waals surface area contributed by atoms with E-state index >= 15 is 0 Å². The van der Waals surface area contributed by atoms with Crippen LogP contribution in [0.2, 0.25) is 0 Å². The van der Waals surface area contributed by atoms with Crippen LogP contribution in [0.15, 0.2) is 10.9 Å². The van der Waals surface area contributed by atoms with Gasteiger partial charge in [0.05, 0.1) is 17.6 Å². The molecule has 1 aliphatic rings. The van der Waals surface area contributed by atoms with Crippen molar-refractivity contribution in [3.8, 4) is 0 Å². The fourth-order valence-electron chi connectivity index (χ4n) is 2.30. The summed E-state index contributed by atoms with van der Waals surface area (Å²) >= 11 is 3.89. The predicted octanol–water partition coefficient (Wildman–Crippen LogP) is 1.81. The largest absolute Gasteiger partial charge is 0.383 e. The molecule has 0 bridgehead atoms. The van der Waals surface area contributed by atoms with Gasteiger partial charge in [0, 0.05) is 43.0 Å². The van der Waals surface area contributed by atoms with E-state index in [4.69, 9.17) is 4.74 Å². The van der Waals surface area contributed by atoms with Crippen molar-refractivity contribution >= 4 is 23.5 Å². The lowest BCUT2D eigenvalue weighted by Crippen LogP contribution is -2.26. The van der Waals surface area contributed by atoms with Gasteiger partial charge in [0.1, 0.15) is 5.82 Å². The van der Waals surface area contributed by atoms with Crippen LogP contribution in [0.3, 0.4) is 0 Å². The summed E-state index contributed by atoms with van der Waals surface area (Å²) in [5, 5.41) is 4.06. The minimum atomic E-state index is -0.0606. The van der Waals surface area contributed by atoms with Crippen LogP contribution in [-0.4, -0.2) is 47.0 Å². The molecule has 2 N–H and O–H groups in total. The predicted molar refractivity (Wildman–Crippen MR) is 90.2 cm³/mol. The lowest BCUT2D eigenvalue weighted by Gasteiger charge is -2.29. The Morgan fingerprint density at radius 1 is 1.48 bits per heavy atom. The first-order chi connectivity index (χ1) is 10.2. The Balaban J connectivity index is 2.08. The highest BCUT2D eigenvalue weighted by Gasteiger charge is 2.28. The molecule has 0 saturated carbocycles. The van der Waals surface area contributed by atoms with Crippen molar-refractivity contribution in [1.82, 2.24) is 15.3 Å². The van der Waals surface area contributed by atoms with Crippen LogP contribution in [0.25, 0.3) is 0 Å². The molecule has 2 rings (SSSR count). The molecule has 2 atom stereocenters. The van der Waals surface area contributed by atoms with E-state index in [0.717, 1.165) is 30.2 Å². The number of hydrogen-bond acceptors (Lipinski definition) is 6. The Kier molecular flexibility index (Phi) is 7.09. The summed E-state index contributed by atoms with van der Waals surface area (Å²) in [4.78, 5) is 19.5. The van der Waals surface area contributed by atoms with E-state index in [0.29, 0.717) is 23.7 Å². The molecule has 1 saturated heterocycles. The maximum Gasteiger partial charge on any atom is 0.251 e. The minimum absolute atomic E-state index is 0.0606. The van der Waals surface area contributed by atoms with Gasteiger partial charge < -0.3 is 15.0 Å². The Hall–Kier alpha value is -0.500. The van der Waals surface area contributed by atoms with Crippen molar-refractivity contribution in [2.45, 2.75) is 30.4 Å². The second-order valence-corrected chi connectivity index (χ2v) is 7.50. The van der Waals surface area contributed by atoms with Crippen LogP contribution in [0.1, 0.15) is 30.1 Å². The summed E-state index contributed by atoms with van der Waals surface area (Å²) in [5.74, 6) is 3.13. The summed E-state index contributed by atoms with van der Waals surface area (Å²) in [5.41, 5.74) is 0.741. The molecule has 0 aliphatic carbocycles. The van der Waals surface area contributed by atoms with Crippen LogP contribution in [0, 0.1) is 0 Å². The number of nitrogens with one attached hydrogen (secondary N) is 2. The Morgan fingerprint density at radius 2 is 2.29 bits per heavy atom. The molecule has 0 spiro atoms. The third-order valence-electron chi connectivity index (χ3n) is 3.32. The zero-order valence-electron chi connectivity index (χ0n) is 12.6. The van der Waals surface area contributed by atoms with E-state index in [-0.39, 0.29) is 5.56 Å². The summed E-state index contributed by atoms with van der Waals surface area (Å²) in [6.45, 7) is 4.21. The van der Waals surface area contributed by atoms with Gasteiger partial charge >= 0.3 is 0 Å². The second kappa shape index (κ2) is 8.82. The molecular weight excluding hydrogens is 306 g/mol. The van der Waals surface area contributed by atoms with Crippen molar-refractivity contribution < 1.29 is 4.74 Å². The van der Waals surface area contributed by atoms with Crippen LogP contribution in [0.4, 0.5) is 0 Å². The fraction of sp³-hybridized carbons (Fsp3) is 0.714. The average Bonchev–Trinajstić information content (AvgIpc) is 2.51. The Morgan fingerprint density at radius 3 is 3.05 bits per heavy atom. The molecule has 7 heteroatoms. The van der Waals surface area contributed by atoms with Gasteiger partial charge in [-0.2, -0.15) is 11.8 Å². The van der Waals surface area contributed by atoms with E-state index in [1.165, 1.54) is 5.75 Å². The molecule has 2 unspecified atom stereocenters. The zero-order valence-corrected chi connectivity index (χ0v) is 14.2. The SMILES string of the molecule is CCC1SCCSC1c1nc(CNCCOC)cc(=O)[nH]1. The maximum atomic E-state index is 11.9. The number of H-pyrrole nitrogens is 1. The number of aromatic amines is 1. The van der Waals surface area contributed by atoms with E-state index in [2.05, 4.69) is 22.2 Å². The highest BCUT2D eigenvalue weighted by molar-refractivity contribution is 8.06. The van der Waals surface area contributed by atoms with Crippen molar-refractivity contribution in [2.75, 3.05) is 31.8 Å². The molecule has 1 fully saturated rings. The second-order valence-electron chi connectivity index (χ2n) is 4.90. The molecule has 0 aromatic carbocycles. The van der Waals surface area contributed by atoms with Gasteiger partial charge in [0.15, 0.2) is 0 Å². The van der Waals surface area contributed by atoms with Crippen LogP contribution < -0.4 is 10.9 Å². The van der Waals surface area contributed by atoms with Crippen LogP contribution >= 0.6 is 23.5 Å². The van der Waals surface area contributed by atoms with Gasteiger partial charge in [-0.25, -0.2) is 4.98 Å². The van der Waals surface area contributed by atoms with Gasteiger partial charge in [0.2, 0.25) is 0 Å². The number of thioether (sulfide) groups is 2. The topological polar surface area (TPSA) is 67.0 Å². The summed E-state index contributed by atoms with van der Waals surface area (Å²) < 4.78 is 4.99. The fourth-order valence-corrected chi connectivity index (χ4v) is 5.31. The third-order valence-corrected chi connectivity index (χ3v) is 6.58. The molecule has 0 radical (unpaired) electrons. The highest BCUT2D eigenvalue weighted by Crippen LogP contribution is 2.42. The average molecular weight is 329 g/mol. The first kappa shape index (κ1) is 16.9. The van der Waals surface area contributed by atoms with Crippen LogP contribution in [-0.2, 0) is 11.3 Å². The molecule has 2 heterocycles. The normalized spacial score (nSPS) is 22.4. The lowest BCUT2D eigenvalue weighted by atomic mass is 10.2. The number of methoxy groups -OCH3 is 1. The zero-order chi connectivity index (χ0) is 15.1. The van der Waals surface area contributed by atoms with Gasteiger partial charge in [-0.3, -0.25) is 4.79 Å². The van der Waals surface area contributed by atoms with Crippen molar-refractivity contribution in [2.24, 2.45) is 0 Å². The Bertz CT molecular complexity index is 495. The summed E-state index contributed by atoms with van der Waals surface area (Å²) in [7, 11) is 1.67. The van der Waals surface area contributed by atoms with Gasteiger partial charge in [-0.1, -0.05) is 6.92 Å². The number of nitrogens with zero attached hydrogens (tertiary/aromatic N) is 1. The molecule has 1 aliphatic heterocycles. The van der Waals surface area contributed by atoms with Crippen molar-refractivity contribution in [3.63, 3.8) is 0 Å².